The summed E-state index contributed by atoms with van der Waals surface area (Å²) in [6, 6.07) is 3.89. The maximum absolute atomic E-state index is 4.23. The molecule has 0 atom stereocenters. The van der Waals surface area contributed by atoms with Crippen LogP contribution in [0.15, 0.2) is 23.2 Å². The summed E-state index contributed by atoms with van der Waals surface area (Å²) in [6.45, 7) is 5.58. The van der Waals surface area contributed by atoms with Gasteiger partial charge in [0, 0.05) is 4.47 Å². The zero-order valence-corrected chi connectivity index (χ0v) is 7.35. The van der Waals surface area contributed by atoms with E-state index < -0.39 is 0 Å². The summed E-state index contributed by atoms with van der Waals surface area (Å²) in [7, 11) is 0. The molecule has 1 rings (SSSR count). The normalized spacial score (nSPS) is 9.40. The second-order valence-corrected chi connectivity index (χ2v) is 2.86. The highest BCUT2D eigenvalue weighted by atomic mass is 79.9. The van der Waals surface area contributed by atoms with Gasteiger partial charge in [0.15, 0.2) is 0 Å². The van der Waals surface area contributed by atoms with Gasteiger partial charge in [0.2, 0.25) is 0 Å². The van der Waals surface area contributed by atoms with Gasteiger partial charge in [-0.15, -0.1) is 0 Å². The van der Waals surface area contributed by atoms with E-state index in [4.69, 9.17) is 0 Å². The maximum atomic E-state index is 4.23. The van der Waals surface area contributed by atoms with Crippen molar-refractivity contribution in [2.75, 3.05) is 0 Å². The van der Waals surface area contributed by atoms with Crippen molar-refractivity contribution in [1.82, 2.24) is 4.98 Å². The Labute approximate surface area is 68.9 Å². The standard InChI is InChI=1S/C8H8BrN/c1-3-7-4-5-8(9)6(2)10-7/h3-5H,1H2,2H3. The molecule has 0 aromatic carbocycles. The summed E-state index contributed by atoms with van der Waals surface area (Å²) >= 11 is 3.36. The van der Waals surface area contributed by atoms with Crippen molar-refractivity contribution in [2.24, 2.45) is 0 Å². The molecule has 0 unspecified atom stereocenters. The van der Waals surface area contributed by atoms with Crippen LogP contribution < -0.4 is 0 Å². The third-order valence-electron chi connectivity index (χ3n) is 1.25. The van der Waals surface area contributed by atoms with Crippen molar-refractivity contribution in [3.8, 4) is 0 Å². The number of pyridine rings is 1. The lowest BCUT2D eigenvalue weighted by Gasteiger charge is -1.96. The lowest BCUT2D eigenvalue weighted by Crippen LogP contribution is -1.84. The van der Waals surface area contributed by atoms with Gasteiger partial charge >= 0.3 is 0 Å². The Morgan fingerprint density at radius 1 is 1.60 bits per heavy atom. The van der Waals surface area contributed by atoms with Crippen molar-refractivity contribution in [3.63, 3.8) is 0 Å². The molecule has 10 heavy (non-hydrogen) atoms. The maximum Gasteiger partial charge on any atom is 0.0627 e. The molecular formula is C8H8BrN. The highest BCUT2D eigenvalue weighted by molar-refractivity contribution is 9.10. The molecular weight excluding hydrogens is 190 g/mol. The van der Waals surface area contributed by atoms with Crippen LogP contribution in [0.1, 0.15) is 11.4 Å². The van der Waals surface area contributed by atoms with Crippen LogP contribution >= 0.6 is 15.9 Å². The highest BCUT2D eigenvalue weighted by Gasteiger charge is 1.93. The van der Waals surface area contributed by atoms with Gasteiger partial charge in [-0.3, -0.25) is 4.98 Å². The van der Waals surface area contributed by atoms with Crippen molar-refractivity contribution >= 4 is 22.0 Å². The van der Waals surface area contributed by atoms with Gasteiger partial charge in [-0.1, -0.05) is 6.58 Å². The predicted molar refractivity (Wildman–Crippen MR) is 46.8 cm³/mol. The van der Waals surface area contributed by atoms with E-state index in [1.165, 1.54) is 0 Å². The van der Waals surface area contributed by atoms with E-state index >= 15 is 0 Å². The lowest BCUT2D eigenvalue weighted by atomic mass is 10.3. The van der Waals surface area contributed by atoms with Crippen LogP contribution in [0.3, 0.4) is 0 Å². The van der Waals surface area contributed by atoms with E-state index in [9.17, 15) is 0 Å². The molecule has 0 bridgehead atoms. The molecule has 0 radical (unpaired) electrons. The molecule has 0 aliphatic heterocycles. The minimum atomic E-state index is 0.917. The SMILES string of the molecule is C=Cc1ccc(Br)c(C)n1. The Morgan fingerprint density at radius 3 is 2.80 bits per heavy atom. The van der Waals surface area contributed by atoms with Gasteiger partial charge in [-0.25, -0.2) is 0 Å². The number of halogens is 1. The molecule has 2 heteroatoms. The van der Waals surface area contributed by atoms with Crippen LogP contribution in [0.25, 0.3) is 6.08 Å². The number of rotatable bonds is 1. The molecule has 52 valence electrons. The van der Waals surface area contributed by atoms with E-state index in [-0.39, 0.29) is 0 Å². The first-order chi connectivity index (χ1) is 4.74. The fourth-order valence-corrected chi connectivity index (χ4v) is 0.898. The first-order valence-electron chi connectivity index (χ1n) is 2.99. The number of aromatic nitrogens is 1. The van der Waals surface area contributed by atoms with Gasteiger partial charge in [0.05, 0.1) is 11.4 Å². The molecule has 0 amide bonds. The van der Waals surface area contributed by atoms with E-state index in [1.54, 1.807) is 6.08 Å². The minimum Gasteiger partial charge on any atom is -0.253 e. The molecule has 1 heterocycles. The first kappa shape index (κ1) is 7.48. The summed E-state index contributed by atoms with van der Waals surface area (Å²) in [5, 5.41) is 0. The second kappa shape index (κ2) is 2.97. The van der Waals surface area contributed by atoms with Crippen molar-refractivity contribution < 1.29 is 0 Å². The van der Waals surface area contributed by atoms with E-state index in [1.807, 2.05) is 19.1 Å². The zero-order chi connectivity index (χ0) is 7.56. The molecule has 0 saturated carbocycles. The van der Waals surface area contributed by atoms with Crippen LogP contribution in [0.2, 0.25) is 0 Å². The smallest absolute Gasteiger partial charge is 0.0627 e. The molecule has 0 fully saturated rings. The van der Waals surface area contributed by atoms with Crippen molar-refractivity contribution in [3.05, 3.63) is 34.6 Å². The summed E-state index contributed by atoms with van der Waals surface area (Å²) in [6.07, 6.45) is 1.74. The molecule has 1 aromatic rings. The van der Waals surface area contributed by atoms with Crippen LogP contribution in [0, 0.1) is 6.92 Å². The van der Waals surface area contributed by atoms with Crippen molar-refractivity contribution in [2.45, 2.75) is 6.92 Å². The molecule has 0 aliphatic rings. The lowest BCUT2D eigenvalue weighted by molar-refractivity contribution is 1.16. The summed E-state index contributed by atoms with van der Waals surface area (Å²) in [5.41, 5.74) is 1.91. The average molecular weight is 198 g/mol. The van der Waals surface area contributed by atoms with Gasteiger partial charge in [-0.05, 0) is 41.1 Å². The monoisotopic (exact) mass is 197 g/mol. The predicted octanol–water partition coefficient (Wildman–Crippen LogP) is 2.80. The molecule has 0 aliphatic carbocycles. The summed E-state index contributed by atoms with van der Waals surface area (Å²) < 4.78 is 1.04. The molecule has 1 aromatic heterocycles. The Morgan fingerprint density at radius 2 is 2.30 bits per heavy atom. The first-order valence-corrected chi connectivity index (χ1v) is 3.79. The summed E-state index contributed by atoms with van der Waals surface area (Å²) in [5.74, 6) is 0. The van der Waals surface area contributed by atoms with Crippen molar-refractivity contribution in [1.29, 1.82) is 0 Å². The Balaban J connectivity index is 3.16. The van der Waals surface area contributed by atoms with Gasteiger partial charge in [0.1, 0.15) is 0 Å². The third-order valence-corrected chi connectivity index (χ3v) is 2.09. The number of hydrogen-bond acceptors (Lipinski definition) is 1. The fourth-order valence-electron chi connectivity index (χ4n) is 0.677. The average Bonchev–Trinajstić information content (AvgIpc) is 1.95. The highest BCUT2D eigenvalue weighted by Crippen LogP contribution is 2.13. The van der Waals surface area contributed by atoms with E-state index in [0.717, 1.165) is 15.9 Å². The Hall–Kier alpha value is -0.630. The quantitative estimate of drug-likeness (QED) is 0.676. The molecule has 0 spiro atoms. The van der Waals surface area contributed by atoms with Gasteiger partial charge in [-0.2, -0.15) is 0 Å². The topological polar surface area (TPSA) is 12.9 Å². The fraction of sp³-hybridized carbons (Fsp3) is 0.125. The van der Waals surface area contributed by atoms with E-state index in [2.05, 4.69) is 27.5 Å². The molecule has 0 saturated heterocycles. The van der Waals surface area contributed by atoms with Crippen LogP contribution in [0.5, 0.6) is 0 Å². The molecule has 0 N–H and O–H groups in total. The van der Waals surface area contributed by atoms with Crippen LogP contribution in [0.4, 0.5) is 0 Å². The number of nitrogens with zero attached hydrogens (tertiary/aromatic N) is 1. The van der Waals surface area contributed by atoms with Crippen LogP contribution in [-0.2, 0) is 0 Å². The Bertz CT molecular complexity index is 255. The number of hydrogen-bond donors (Lipinski definition) is 0. The van der Waals surface area contributed by atoms with Gasteiger partial charge in [0.25, 0.3) is 0 Å². The minimum absolute atomic E-state index is 0.917. The summed E-state index contributed by atoms with van der Waals surface area (Å²) in [4.78, 5) is 4.23. The third kappa shape index (κ3) is 1.45. The second-order valence-electron chi connectivity index (χ2n) is 2.01. The van der Waals surface area contributed by atoms with Crippen LogP contribution in [-0.4, -0.2) is 4.98 Å². The van der Waals surface area contributed by atoms with E-state index in [0.29, 0.717) is 0 Å². The molecule has 1 nitrogen and oxygen atoms in total. The zero-order valence-electron chi connectivity index (χ0n) is 5.76. The largest absolute Gasteiger partial charge is 0.253 e. The van der Waals surface area contributed by atoms with Gasteiger partial charge < -0.3 is 0 Å². The Kier molecular flexibility index (Phi) is 2.22. The number of aryl methyl sites for hydroxylation is 1.